The zero-order chi connectivity index (χ0) is 18.6. The Morgan fingerprint density at radius 3 is 2.35 bits per heavy atom. The first-order chi connectivity index (χ1) is 12.5. The third kappa shape index (κ3) is 4.17. The maximum atomic E-state index is 12.7. The van der Waals surface area contributed by atoms with E-state index in [1.54, 1.807) is 12.4 Å². The van der Waals surface area contributed by atoms with Crippen molar-refractivity contribution in [3.63, 3.8) is 0 Å². The number of amides is 1. The molecule has 0 aliphatic heterocycles. The van der Waals surface area contributed by atoms with Crippen molar-refractivity contribution >= 4 is 11.6 Å². The number of hydrogen-bond donors (Lipinski definition) is 1. The molecule has 1 aromatic heterocycles. The van der Waals surface area contributed by atoms with Crippen molar-refractivity contribution in [3.8, 4) is 11.1 Å². The van der Waals surface area contributed by atoms with Gasteiger partial charge in [-0.3, -0.25) is 9.78 Å². The Bertz CT molecular complexity index is 887. The van der Waals surface area contributed by atoms with Crippen LogP contribution in [0.1, 0.15) is 31.4 Å². The molecule has 3 nitrogen and oxygen atoms in total. The van der Waals surface area contributed by atoms with Gasteiger partial charge in [0.15, 0.2) is 0 Å². The molecule has 0 atom stereocenters. The quantitative estimate of drug-likeness (QED) is 0.676. The molecule has 26 heavy (non-hydrogen) atoms. The normalized spacial score (nSPS) is 11.2. The van der Waals surface area contributed by atoms with Crippen LogP contribution in [0.2, 0.25) is 0 Å². The average molecular weight is 344 g/mol. The van der Waals surface area contributed by atoms with Gasteiger partial charge in [0.2, 0.25) is 5.91 Å². The van der Waals surface area contributed by atoms with Crippen molar-refractivity contribution in [2.24, 2.45) is 0 Å². The SMILES string of the molecule is Cc1ccc(-c2ccncc2)cc1NC(=O)CC(C)(C)c1ccccc1. The van der Waals surface area contributed by atoms with Gasteiger partial charge in [0.25, 0.3) is 0 Å². The third-order valence-electron chi connectivity index (χ3n) is 4.68. The van der Waals surface area contributed by atoms with Crippen LogP contribution in [0.4, 0.5) is 5.69 Å². The number of carbonyl (C=O) groups excluding carboxylic acids is 1. The average Bonchev–Trinajstić information content (AvgIpc) is 2.64. The molecule has 0 aliphatic rings. The van der Waals surface area contributed by atoms with Crippen LogP contribution in [0.5, 0.6) is 0 Å². The Labute approximate surface area is 155 Å². The van der Waals surface area contributed by atoms with E-state index in [1.165, 1.54) is 0 Å². The number of hydrogen-bond acceptors (Lipinski definition) is 2. The van der Waals surface area contributed by atoms with E-state index in [1.807, 2.05) is 49.4 Å². The third-order valence-corrected chi connectivity index (χ3v) is 4.68. The molecule has 1 amide bonds. The van der Waals surface area contributed by atoms with Crippen molar-refractivity contribution in [1.29, 1.82) is 0 Å². The second kappa shape index (κ2) is 7.52. The highest BCUT2D eigenvalue weighted by Gasteiger charge is 2.24. The molecule has 0 radical (unpaired) electrons. The molecule has 2 aromatic carbocycles. The van der Waals surface area contributed by atoms with Crippen LogP contribution in [-0.4, -0.2) is 10.9 Å². The van der Waals surface area contributed by atoms with Crippen molar-refractivity contribution < 1.29 is 4.79 Å². The molecular weight excluding hydrogens is 320 g/mol. The lowest BCUT2D eigenvalue weighted by Gasteiger charge is -2.25. The summed E-state index contributed by atoms with van der Waals surface area (Å²) < 4.78 is 0. The zero-order valence-corrected chi connectivity index (χ0v) is 15.5. The van der Waals surface area contributed by atoms with Crippen LogP contribution in [-0.2, 0) is 10.2 Å². The molecule has 3 heteroatoms. The number of benzene rings is 2. The highest BCUT2D eigenvalue weighted by Crippen LogP contribution is 2.29. The summed E-state index contributed by atoms with van der Waals surface area (Å²) in [5, 5.41) is 3.09. The second-order valence-electron chi connectivity index (χ2n) is 7.24. The van der Waals surface area contributed by atoms with Gasteiger partial charge < -0.3 is 5.32 Å². The lowest BCUT2D eigenvalue weighted by molar-refractivity contribution is -0.117. The summed E-state index contributed by atoms with van der Waals surface area (Å²) in [5.74, 6) is 0.0221. The van der Waals surface area contributed by atoms with E-state index in [0.717, 1.165) is 27.9 Å². The van der Waals surface area contributed by atoms with Crippen LogP contribution in [0.25, 0.3) is 11.1 Å². The summed E-state index contributed by atoms with van der Waals surface area (Å²) in [7, 11) is 0. The Morgan fingerprint density at radius 1 is 0.962 bits per heavy atom. The lowest BCUT2D eigenvalue weighted by Crippen LogP contribution is -2.26. The monoisotopic (exact) mass is 344 g/mol. The minimum Gasteiger partial charge on any atom is -0.326 e. The van der Waals surface area contributed by atoms with E-state index in [4.69, 9.17) is 0 Å². The van der Waals surface area contributed by atoms with Gasteiger partial charge in [-0.25, -0.2) is 0 Å². The maximum absolute atomic E-state index is 12.7. The van der Waals surface area contributed by atoms with E-state index in [2.05, 4.69) is 42.3 Å². The fraction of sp³-hybridized carbons (Fsp3) is 0.217. The highest BCUT2D eigenvalue weighted by molar-refractivity contribution is 5.93. The topological polar surface area (TPSA) is 42.0 Å². The Kier molecular flexibility index (Phi) is 5.17. The van der Waals surface area contributed by atoms with Gasteiger partial charge >= 0.3 is 0 Å². The summed E-state index contributed by atoms with van der Waals surface area (Å²) in [6.07, 6.45) is 3.97. The van der Waals surface area contributed by atoms with E-state index >= 15 is 0 Å². The van der Waals surface area contributed by atoms with E-state index in [0.29, 0.717) is 6.42 Å². The van der Waals surface area contributed by atoms with Crippen molar-refractivity contribution in [1.82, 2.24) is 4.98 Å². The fourth-order valence-electron chi connectivity index (χ4n) is 3.07. The van der Waals surface area contributed by atoms with Crippen LogP contribution in [0, 0.1) is 6.92 Å². The summed E-state index contributed by atoms with van der Waals surface area (Å²) in [6, 6.07) is 20.2. The Balaban J connectivity index is 1.77. The number of aryl methyl sites for hydroxylation is 1. The molecule has 1 heterocycles. The largest absolute Gasteiger partial charge is 0.326 e. The van der Waals surface area contributed by atoms with Crippen LogP contribution in [0.15, 0.2) is 73.1 Å². The van der Waals surface area contributed by atoms with Crippen LogP contribution in [0.3, 0.4) is 0 Å². The predicted molar refractivity (Wildman–Crippen MR) is 107 cm³/mol. The molecule has 132 valence electrons. The van der Waals surface area contributed by atoms with Crippen LogP contribution >= 0.6 is 0 Å². The smallest absolute Gasteiger partial charge is 0.225 e. The molecule has 0 bridgehead atoms. The fourth-order valence-corrected chi connectivity index (χ4v) is 3.07. The minimum atomic E-state index is -0.220. The number of nitrogens with one attached hydrogen (secondary N) is 1. The molecule has 0 saturated carbocycles. The standard InChI is InChI=1S/C23H24N2O/c1-17-9-10-19(18-11-13-24-14-12-18)15-21(17)25-22(26)16-23(2,3)20-7-5-4-6-8-20/h4-15H,16H2,1-3H3,(H,25,26). The number of rotatable bonds is 5. The second-order valence-corrected chi connectivity index (χ2v) is 7.24. The molecule has 1 N–H and O–H groups in total. The molecule has 3 rings (SSSR count). The molecule has 3 aromatic rings. The first-order valence-corrected chi connectivity index (χ1v) is 8.82. The van der Waals surface area contributed by atoms with Crippen molar-refractivity contribution in [2.45, 2.75) is 32.6 Å². The minimum absolute atomic E-state index is 0.0221. The first-order valence-electron chi connectivity index (χ1n) is 8.82. The van der Waals surface area contributed by atoms with E-state index in [9.17, 15) is 4.79 Å². The van der Waals surface area contributed by atoms with Gasteiger partial charge in [-0.15, -0.1) is 0 Å². The summed E-state index contributed by atoms with van der Waals surface area (Å²) in [4.78, 5) is 16.7. The number of anilines is 1. The van der Waals surface area contributed by atoms with E-state index < -0.39 is 0 Å². The number of aromatic nitrogens is 1. The van der Waals surface area contributed by atoms with Gasteiger partial charge in [-0.1, -0.05) is 56.3 Å². The van der Waals surface area contributed by atoms with Gasteiger partial charge in [0.05, 0.1) is 0 Å². The zero-order valence-electron chi connectivity index (χ0n) is 15.5. The number of pyridine rings is 1. The molecule has 0 fully saturated rings. The van der Waals surface area contributed by atoms with Crippen LogP contribution < -0.4 is 5.32 Å². The molecule has 0 saturated heterocycles. The van der Waals surface area contributed by atoms with Gasteiger partial charge in [-0.05, 0) is 52.8 Å². The number of nitrogens with zero attached hydrogens (tertiary/aromatic N) is 1. The van der Waals surface area contributed by atoms with Gasteiger partial charge in [0, 0.05) is 24.5 Å². The van der Waals surface area contributed by atoms with Gasteiger partial charge in [0.1, 0.15) is 0 Å². The van der Waals surface area contributed by atoms with Crippen molar-refractivity contribution in [3.05, 3.63) is 84.2 Å². The van der Waals surface area contributed by atoms with Gasteiger partial charge in [-0.2, -0.15) is 0 Å². The first kappa shape index (κ1) is 17.9. The molecule has 0 unspecified atom stereocenters. The Hall–Kier alpha value is -2.94. The summed E-state index contributed by atoms with van der Waals surface area (Å²) in [6.45, 7) is 6.21. The van der Waals surface area contributed by atoms with Crippen molar-refractivity contribution in [2.75, 3.05) is 5.32 Å². The lowest BCUT2D eigenvalue weighted by atomic mass is 9.81. The summed E-state index contributed by atoms with van der Waals surface area (Å²) >= 11 is 0. The highest BCUT2D eigenvalue weighted by atomic mass is 16.1. The molecule has 0 spiro atoms. The maximum Gasteiger partial charge on any atom is 0.225 e. The molecular formula is C23H24N2O. The van der Waals surface area contributed by atoms with E-state index in [-0.39, 0.29) is 11.3 Å². The number of carbonyl (C=O) groups is 1. The molecule has 0 aliphatic carbocycles. The Morgan fingerprint density at radius 2 is 1.65 bits per heavy atom. The predicted octanol–water partition coefficient (Wildman–Crippen LogP) is 5.36. The summed E-state index contributed by atoms with van der Waals surface area (Å²) in [5.41, 5.74) is 5.00.